The Hall–Kier alpha value is -0.540. The van der Waals surface area contributed by atoms with E-state index in [1.165, 1.54) is 38.5 Å². The minimum absolute atomic E-state index is 0.243. The van der Waals surface area contributed by atoms with Crippen molar-refractivity contribution in [2.24, 2.45) is 17.3 Å². The van der Waals surface area contributed by atoms with E-state index in [-0.39, 0.29) is 11.3 Å². The molecule has 1 amide bonds. The summed E-state index contributed by atoms with van der Waals surface area (Å²) in [6.45, 7) is 0.641. The second-order valence-corrected chi connectivity index (χ2v) is 10.8. The molecule has 0 heterocycles. The first-order valence-corrected chi connectivity index (χ1v) is 10.2. The van der Waals surface area contributed by atoms with Crippen molar-refractivity contribution in [1.82, 2.24) is 4.90 Å². The second kappa shape index (κ2) is 6.02. The Balaban J connectivity index is 1.44. The van der Waals surface area contributed by atoms with Gasteiger partial charge in [-0.25, -0.2) is 0 Å². The van der Waals surface area contributed by atoms with Gasteiger partial charge < -0.3 is 4.90 Å². The Labute approximate surface area is 158 Å². The molecule has 130 valence electrons. The van der Waals surface area contributed by atoms with Gasteiger partial charge in [0.1, 0.15) is 0 Å². The van der Waals surface area contributed by atoms with E-state index in [4.69, 9.17) is 11.6 Å². The van der Waals surface area contributed by atoms with Gasteiger partial charge in [0.2, 0.25) is 5.91 Å². The maximum atomic E-state index is 12.9. The van der Waals surface area contributed by atoms with E-state index >= 15 is 0 Å². The first-order chi connectivity index (χ1) is 11.3. The summed E-state index contributed by atoms with van der Waals surface area (Å²) in [6, 6.07) is 7.80. The summed E-state index contributed by atoms with van der Waals surface area (Å²) >= 11 is 10.1. The van der Waals surface area contributed by atoms with Gasteiger partial charge in [0.25, 0.3) is 0 Å². The van der Waals surface area contributed by atoms with Crippen molar-refractivity contribution < 1.29 is 4.79 Å². The highest BCUT2D eigenvalue weighted by Gasteiger charge is 2.57. The van der Waals surface area contributed by atoms with Crippen LogP contribution in [-0.2, 0) is 11.3 Å². The SMILES string of the molecule is CN(Cc1cccc(Cl)c1)C(=O)CC12CC3CC(CC(Br)(C3)C1)C2. The minimum Gasteiger partial charge on any atom is -0.341 e. The molecule has 1 aromatic carbocycles. The van der Waals surface area contributed by atoms with Crippen molar-refractivity contribution in [3.63, 3.8) is 0 Å². The topological polar surface area (TPSA) is 20.3 Å². The van der Waals surface area contributed by atoms with Crippen LogP contribution in [0.2, 0.25) is 5.02 Å². The number of benzene rings is 1. The van der Waals surface area contributed by atoms with Gasteiger partial charge in [0.05, 0.1) is 0 Å². The van der Waals surface area contributed by atoms with Crippen LogP contribution in [0.4, 0.5) is 0 Å². The lowest BCUT2D eigenvalue weighted by atomic mass is 9.48. The summed E-state index contributed by atoms with van der Waals surface area (Å²) in [4.78, 5) is 14.8. The molecule has 0 aliphatic heterocycles. The van der Waals surface area contributed by atoms with Gasteiger partial charge in [-0.15, -0.1) is 0 Å². The van der Waals surface area contributed by atoms with Crippen molar-refractivity contribution in [1.29, 1.82) is 0 Å². The smallest absolute Gasteiger partial charge is 0.223 e. The summed E-state index contributed by atoms with van der Waals surface area (Å²) in [5, 5.41) is 0.732. The van der Waals surface area contributed by atoms with Gasteiger partial charge in [-0.05, 0) is 73.5 Å². The molecule has 0 radical (unpaired) electrons. The van der Waals surface area contributed by atoms with Crippen molar-refractivity contribution in [2.45, 2.75) is 55.8 Å². The Morgan fingerprint density at radius 1 is 1.29 bits per heavy atom. The lowest BCUT2D eigenvalue weighted by molar-refractivity contribution is -0.137. The van der Waals surface area contributed by atoms with Crippen LogP contribution in [0.25, 0.3) is 0 Å². The maximum Gasteiger partial charge on any atom is 0.223 e. The molecule has 2 nitrogen and oxygen atoms in total. The highest BCUT2D eigenvalue weighted by molar-refractivity contribution is 9.10. The van der Waals surface area contributed by atoms with E-state index in [0.717, 1.165) is 22.4 Å². The molecular weight excluding hydrogens is 386 g/mol. The number of carbonyl (C=O) groups is 1. The molecular formula is C20H25BrClNO. The van der Waals surface area contributed by atoms with Crippen LogP contribution >= 0.6 is 27.5 Å². The summed E-state index contributed by atoms with van der Waals surface area (Å²) < 4.78 is 0.322. The molecule has 4 aliphatic rings. The molecule has 4 aliphatic carbocycles. The Morgan fingerprint density at radius 2 is 2.00 bits per heavy atom. The summed E-state index contributed by atoms with van der Waals surface area (Å²) in [6.07, 6.45) is 8.44. The Bertz CT molecular complexity index is 647. The lowest BCUT2D eigenvalue weighted by Crippen LogP contribution is -2.54. The molecule has 2 atom stereocenters. The zero-order valence-corrected chi connectivity index (χ0v) is 16.6. The second-order valence-electron chi connectivity index (χ2n) is 8.67. The zero-order valence-electron chi connectivity index (χ0n) is 14.2. The molecule has 4 bridgehead atoms. The number of alkyl halides is 1. The van der Waals surface area contributed by atoms with Crippen LogP contribution in [0.15, 0.2) is 24.3 Å². The van der Waals surface area contributed by atoms with E-state index in [1.54, 1.807) is 0 Å². The third-order valence-electron chi connectivity index (χ3n) is 6.37. The van der Waals surface area contributed by atoms with Crippen LogP contribution in [0.1, 0.15) is 50.5 Å². The molecule has 2 unspecified atom stereocenters. The number of carbonyl (C=O) groups excluding carboxylic acids is 1. The lowest BCUT2D eigenvalue weighted by Gasteiger charge is -2.60. The van der Waals surface area contributed by atoms with Crippen molar-refractivity contribution in [3.05, 3.63) is 34.9 Å². The van der Waals surface area contributed by atoms with Crippen LogP contribution < -0.4 is 0 Å². The highest BCUT2D eigenvalue weighted by atomic mass is 79.9. The number of hydrogen-bond donors (Lipinski definition) is 0. The third-order valence-corrected chi connectivity index (χ3v) is 7.53. The maximum absolute atomic E-state index is 12.9. The number of amides is 1. The first kappa shape index (κ1) is 16.9. The molecule has 4 saturated carbocycles. The molecule has 0 aromatic heterocycles. The fourth-order valence-corrected chi connectivity index (χ4v) is 7.72. The molecule has 0 spiro atoms. The first-order valence-electron chi connectivity index (χ1n) is 9.02. The van der Waals surface area contributed by atoms with Gasteiger partial charge in [-0.3, -0.25) is 4.79 Å². The number of nitrogens with zero attached hydrogens (tertiary/aromatic N) is 1. The predicted molar refractivity (Wildman–Crippen MR) is 101 cm³/mol. The monoisotopic (exact) mass is 409 g/mol. The molecule has 24 heavy (non-hydrogen) atoms. The van der Waals surface area contributed by atoms with Crippen LogP contribution in [-0.4, -0.2) is 22.2 Å². The number of rotatable bonds is 4. The van der Waals surface area contributed by atoms with Gasteiger partial charge in [-0.1, -0.05) is 39.7 Å². The molecule has 0 N–H and O–H groups in total. The third kappa shape index (κ3) is 3.26. The van der Waals surface area contributed by atoms with Crippen molar-refractivity contribution in [3.8, 4) is 0 Å². The van der Waals surface area contributed by atoms with E-state index in [0.29, 0.717) is 17.3 Å². The standard InChI is InChI=1S/C20H25BrClNO/c1-23(12-14-3-2-4-17(22)6-14)18(24)11-19-7-15-5-16(8-19)10-20(21,9-15)13-19/h2-4,6,15-16H,5,7-13H2,1H3. The number of hydrogen-bond acceptors (Lipinski definition) is 1. The fraction of sp³-hybridized carbons (Fsp3) is 0.650. The van der Waals surface area contributed by atoms with E-state index in [1.807, 2.05) is 36.2 Å². The molecule has 1 aromatic rings. The Kier molecular flexibility index (Phi) is 4.24. The summed E-state index contributed by atoms with van der Waals surface area (Å²) in [5.41, 5.74) is 1.34. The molecule has 5 rings (SSSR count). The fourth-order valence-electron chi connectivity index (χ4n) is 6.00. The highest BCUT2D eigenvalue weighted by Crippen LogP contribution is 2.65. The largest absolute Gasteiger partial charge is 0.341 e. The zero-order chi connectivity index (χ0) is 16.9. The molecule has 0 saturated heterocycles. The van der Waals surface area contributed by atoms with Gasteiger partial charge >= 0.3 is 0 Å². The quantitative estimate of drug-likeness (QED) is 0.607. The van der Waals surface area contributed by atoms with Gasteiger partial charge in [-0.2, -0.15) is 0 Å². The van der Waals surface area contributed by atoms with Gasteiger partial charge in [0.15, 0.2) is 0 Å². The van der Waals surface area contributed by atoms with E-state index < -0.39 is 0 Å². The predicted octanol–water partition coefficient (Wildman–Crippen LogP) is 5.42. The van der Waals surface area contributed by atoms with Crippen LogP contribution in [0, 0.1) is 17.3 Å². The average Bonchev–Trinajstić information content (AvgIpc) is 2.43. The Morgan fingerprint density at radius 3 is 2.62 bits per heavy atom. The normalized spacial score (nSPS) is 36.8. The molecule has 4 heteroatoms. The molecule has 4 fully saturated rings. The van der Waals surface area contributed by atoms with Crippen LogP contribution in [0.3, 0.4) is 0 Å². The van der Waals surface area contributed by atoms with Crippen LogP contribution in [0.5, 0.6) is 0 Å². The summed E-state index contributed by atoms with van der Waals surface area (Å²) in [5.74, 6) is 1.95. The van der Waals surface area contributed by atoms with Crippen molar-refractivity contribution in [2.75, 3.05) is 7.05 Å². The van der Waals surface area contributed by atoms with Crippen molar-refractivity contribution >= 4 is 33.4 Å². The number of halogens is 2. The van der Waals surface area contributed by atoms with E-state index in [2.05, 4.69) is 15.9 Å². The minimum atomic E-state index is 0.243. The average molecular weight is 411 g/mol. The van der Waals surface area contributed by atoms with Gasteiger partial charge in [0, 0.05) is 29.4 Å². The summed E-state index contributed by atoms with van der Waals surface area (Å²) in [7, 11) is 1.92. The van der Waals surface area contributed by atoms with E-state index in [9.17, 15) is 4.79 Å².